The smallest absolute Gasteiger partial charge is 0.257 e. The summed E-state index contributed by atoms with van der Waals surface area (Å²) in [5.41, 5.74) is 6.42. The quantitative estimate of drug-likeness (QED) is 0.802. The van der Waals surface area contributed by atoms with Gasteiger partial charge in [-0.1, -0.05) is 6.92 Å². The predicted octanol–water partition coefficient (Wildman–Crippen LogP) is 0.949. The minimum Gasteiger partial charge on any atom is -0.330 e. The Kier molecular flexibility index (Phi) is 2.61. The van der Waals surface area contributed by atoms with Crippen molar-refractivity contribution in [2.24, 2.45) is 5.73 Å². The zero-order valence-corrected chi connectivity index (χ0v) is 9.23. The molecular formula is C11H17N3O. The van der Waals surface area contributed by atoms with Gasteiger partial charge in [-0.2, -0.15) is 0 Å². The lowest BCUT2D eigenvalue weighted by atomic mass is 10.1. The molecule has 1 atom stereocenters. The SMILES string of the molecule is Cc1ncc(C(C)CN)c(=O)n1C1CC1. The fraction of sp³-hybridized carbons (Fsp3) is 0.636. The van der Waals surface area contributed by atoms with Crippen LogP contribution in [0.1, 0.15) is 43.1 Å². The van der Waals surface area contributed by atoms with Gasteiger partial charge in [0, 0.05) is 23.7 Å². The van der Waals surface area contributed by atoms with Crippen molar-refractivity contribution in [2.45, 2.75) is 38.6 Å². The van der Waals surface area contributed by atoms with Crippen LogP contribution in [0.25, 0.3) is 0 Å². The first-order valence-electron chi connectivity index (χ1n) is 5.43. The maximum Gasteiger partial charge on any atom is 0.257 e. The molecular weight excluding hydrogens is 190 g/mol. The van der Waals surface area contributed by atoms with Crippen molar-refractivity contribution >= 4 is 0 Å². The molecule has 4 heteroatoms. The summed E-state index contributed by atoms with van der Waals surface area (Å²) in [6, 6.07) is 0.384. The van der Waals surface area contributed by atoms with E-state index >= 15 is 0 Å². The molecule has 0 amide bonds. The number of hydrogen-bond donors (Lipinski definition) is 1. The Labute approximate surface area is 89.1 Å². The molecule has 1 aromatic rings. The summed E-state index contributed by atoms with van der Waals surface area (Å²) in [7, 11) is 0. The minimum atomic E-state index is 0.0931. The highest BCUT2D eigenvalue weighted by atomic mass is 16.1. The average Bonchev–Trinajstić information content (AvgIpc) is 3.01. The Hall–Kier alpha value is -1.16. The number of rotatable bonds is 3. The summed E-state index contributed by atoms with van der Waals surface area (Å²) in [6.45, 7) is 4.34. The Morgan fingerprint density at radius 3 is 2.87 bits per heavy atom. The highest BCUT2D eigenvalue weighted by Crippen LogP contribution is 2.34. The van der Waals surface area contributed by atoms with Crippen LogP contribution in [-0.4, -0.2) is 16.1 Å². The maximum atomic E-state index is 12.1. The number of hydrogen-bond acceptors (Lipinski definition) is 3. The molecule has 0 aliphatic heterocycles. The lowest BCUT2D eigenvalue weighted by Gasteiger charge is -2.13. The summed E-state index contributed by atoms with van der Waals surface area (Å²) in [4.78, 5) is 16.4. The molecule has 82 valence electrons. The van der Waals surface area contributed by atoms with E-state index in [4.69, 9.17) is 5.73 Å². The molecule has 0 saturated heterocycles. The Balaban J connectivity index is 2.50. The summed E-state index contributed by atoms with van der Waals surface area (Å²) in [6.07, 6.45) is 3.87. The van der Waals surface area contributed by atoms with E-state index in [-0.39, 0.29) is 11.5 Å². The molecule has 1 heterocycles. The normalized spacial score (nSPS) is 17.8. The Morgan fingerprint density at radius 2 is 2.33 bits per heavy atom. The van der Waals surface area contributed by atoms with Crippen molar-refractivity contribution in [3.63, 3.8) is 0 Å². The van der Waals surface area contributed by atoms with Gasteiger partial charge >= 0.3 is 0 Å². The van der Waals surface area contributed by atoms with E-state index in [2.05, 4.69) is 4.98 Å². The van der Waals surface area contributed by atoms with Crippen LogP contribution in [0.15, 0.2) is 11.0 Å². The molecule has 0 bridgehead atoms. The van der Waals surface area contributed by atoms with Crippen LogP contribution in [0.3, 0.4) is 0 Å². The first kappa shape index (κ1) is 10.4. The molecule has 2 N–H and O–H groups in total. The molecule has 0 spiro atoms. The third-order valence-electron chi connectivity index (χ3n) is 3.00. The summed E-state index contributed by atoms with van der Waals surface area (Å²) >= 11 is 0. The van der Waals surface area contributed by atoms with Crippen molar-refractivity contribution in [3.05, 3.63) is 27.9 Å². The molecule has 1 aliphatic rings. The molecule has 1 aliphatic carbocycles. The lowest BCUT2D eigenvalue weighted by molar-refractivity contribution is 0.628. The lowest BCUT2D eigenvalue weighted by Crippen LogP contribution is -2.28. The van der Waals surface area contributed by atoms with Crippen LogP contribution in [-0.2, 0) is 0 Å². The van der Waals surface area contributed by atoms with Crippen LogP contribution < -0.4 is 11.3 Å². The molecule has 4 nitrogen and oxygen atoms in total. The monoisotopic (exact) mass is 207 g/mol. The van der Waals surface area contributed by atoms with Crippen LogP contribution in [0.5, 0.6) is 0 Å². The number of aryl methyl sites for hydroxylation is 1. The first-order valence-corrected chi connectivity index (χ1v) is 5.43. The minimum absolute atomic E-state index is 0.0931. The predicted molar refractivity (Wildman–Crippen MR) is 59.0 cm³/mol. The second kappa shape index (κ2) is 3.77. The molecule has 0 aromatic carbocycles. The zero-order chi connectivity index (χ0) is 11.0. The van der Waals surface area contributed by atoms with E-state index in [1.54, 1.807) is 6.20 Å². The highest BCUT2D eigenvalue weighted by molar-refractivity contribution is 5.14. The third-order valence-corrected chi connectivity index (χ3v) is 3.00. The van der Waals surface area contributed by atoms with Gasteiger partial charge in [0.25, 0.3) is 5.56 Å². The van der Waals surface area contributed by atoms with Gasteiger partial charge in [0.1, 0.15) is 5.82 Å². The second-order valence-corrected chi connectivity index (χ2v) is 4.30. The molecule has 0 radical (unpaired) electrons. The largest absolute Gasteiger partial charge is 0.330 e. The van der Waals surface area contributed by atoms with Gasteiger partial charge in [-0.05, 0) is 26.3 Å². The average molecular weight is 207 g/mol. The third kappa shape index (κ3) is 1.81. The number of nitrogens with zero attached hydrogens (tertiary/aromatic N) is 2. The van der Waals surface area contributed by atoms with Crippen LogP contribution in [0, 0.1) is 6.92 Å². The molecule has 1 saturated carbocycles. The van der Waals surface area contributed by atoms with Gasteiger partial charge in [0.2, 0.25) is 0 Å². The standard InChI is InChI=1S/C11H17N3O/c1-7(5-12)10-6-13-8(2)14(11(10)15)9-3-4-9/h6-7,9H,3-5,12H2,1-2H3. The summed E-state index contributed by atoms with van der Waals surface area (Å²) in [5, 5.41) is 0. The summed E-state index contributed by atoms with van der Waals surface area (Å²) in [5.74, 6) is 0.908. The van der Waals surface area contributed by atoms with Gasteiger partial charge in [-0.25, -0.2) is 4.98 Å². The Bertz CT molecular complexity index is 420. The van der Waals surface area contributed by atoms with Gasteiger partial charge in [0.05, 0.1) is 0 Å². The molecule has 1 fully saturated rings. The molecule has 15 heavy (non-hydrogen) atoms. The Morgan fingerprint density at radius 1 is 1.67 bits per heavy atom. The van der Waals surface area contributed by atoms with Gasteiger partial charge in [-0.15, -0.1) is 0 Å². The van der Waals surface area contributed by atoms with E-state index < -0.39 is 0 Å². The van der Waals surface area contributed by atoms with E-state index in [9.17, 15) is 4.79 Å². The molecule has 1 unspecified atom stereocenters. The van der Waals surface area contributed by atoms with Crippen molar-refractivity contribution < 1.29 is 0 Å². The van der Waals surface area contributed by atoms with Gasteiger partial charge in [0.15, 0.2) is 0 Å². The molecule has 2 rings (SSSR count). The highest BCUT2D eigenvalue weighted by Gasteiger charge is 2.27. The molecule has 1 aromatic heterocycles. The van der Waals surface area contributed by atoms with Crippen LogP contribution >= 0.6 is 0 Å². The van der Waals surface area contributed by atoms with E-state index in [0.717, 1.165) is 24.2 Å². The topological polar surface area (TPSA) is 60.9 Å². The fourth-order valence-corrected chi connectivity index (χ4v) is 1.79. The number of nitrogens with two attached hydrogens (primary N) is 1. The van der Waals surface area contributed by atoms with Crippen molar-refractivity contribution in [2.75, 3.05) is 6.54 Å². The first-order chi connectivity index (χ1) is 7.15. The van der Waals surface area contributed by atoms with E-state index in [1.807, 2.05) is 18.4 Å². The van der Waals surface area contributed by atoms with E-state index in [1.165, 1.54) is 0 Å². The number of aromatic nitrogens is 2. The van der Waals surface area contributed by atoms with Crippen LogP contribution in [0.2, 0.25) is 0 Å². The van der Waals surface area contributed by atoms with E-state index in [0.29, 0.717) is 12.6 Å². The van der Waals surface area contributed by atoms with Gasteiger partial charge in [-0.3, -0.25) is 9.36 Å². The zero-order valence-electron chi connectivity index (χ0n) is 9.23. The second-order valence-electron chi connectivity index (χ2n) is 4.30. The maximum absolute atomic E-state index is 12.1. The van der Waals surface area contributed by atoms with Gasteiger partial charge < -0.3 is 5.73 Å². The fourth-order valence-electron chi connectivity index (χ4n) is 1.79. The van der Waals surface area contributed by atoms with Crippen molar-refractivity contribution in [1.29, 1.82) is 0 Å². The van der Waals surface area contributed by atoms with Crippen molar-refractivity contribution in [1.82, 2.24) is 9.55 Å². The van der Waals surface area contributed by atoms with Crippen LogP contribution in [0.4, 0.5) is 0 Å². The van der Waals surface area contributed by atoms with Crippen molar-refractivity contribution in [3.8, 4) is 0 Å². The summed E-state index contributed by atoms with van der Waals surface area (Å²) < 4.78 is 1.82.